The predicted octanol–water partition coefficient (Wildman–Crippen LogP) is 4.15. The largest absolute Gasteiger partial charge is 0.491 e. The molecule has 3 rings (SSSR count). The molecule has 1 N–H and O–H groups in total. The summed E-state index contributed by atoms with van der Waals surface area (Å²) in [6.07, 6.45) is 1.78. The molecule has 1 aliphatic rings. The number of ether oxygens (including phenoxy) is 1. The fraction of sp³-hybridized carbons (Fsp3) is 0.409. The number of amides is 1. The fourth-order valence-corrected chi connectivity index (χ4v) is 4.74. The highest BCUT2D eigenvalue weighted by Crippen LogP contribution is 2.24. The average molecular weight is 417 g/mol. The van der Waals surface area contributed by atoms with Crippen LogP contribution in [0.5, 0.6) is 5.75 Å². The molecule has 7 heteroatoms. The van der Waals surface area contributed by atoms with Gasteiger partial charge in [0.25, 0.3) is 5.91 Å². The van der Waals surface area contributed by atoms with Crippen LogP contribution in [0.25, 0.3) is 0 Å². The number of carbonyl (C=O) groups excluding carboxylic acids is 1. The van der Waals surface area contributed by atoms with Crippen molar-refractivity contribution in [2.75, 3.05) is 18.4 Å². The van der Waals surface area contributed by atoms with E-state index in [4.69, 9.17) is 4.74 Å². The van der Waals surface area contributed by atoms with Crippen LogP contribution in [0.3, 0.4) is 0 Å². The smallest absolute Gasteiger partial charge is 0.255 e. The number of anilines is 1. The number of piperidine rings is 1. The lowest BCUT2D eigenvalue weighted by atomic mass is 10.0. The van der Waals surface area contributed by atoms with Gasteiger partial charge in [0.15, 0.2) is 0 Å². The molecule has 0 radical (unpaired) electrons. The minimum atomic E-state index is -3.50. The van der Waals surface area contributed by atoms with Crippen molar-refractivity contribution in [3.05, 3.63) is 54.1 Å². The molecular weight excluding hydrogens is 388 g/mol. The normalized spacial score (nSPS) is 16.0. The maximum Gasteiger partial charge on any atom is 0.255 e. The van der Waals surface area contributed by atoms with Gasteiger partial charge in [-0.3, -0.25) is 4.79 Å². The van der Waals surface area contributed by atoms with Crippen molar-refractivity contribution in [2.24, 2.45) is 5.92 Å². The highest BCUT2D eigenvalue weighted by atomic mass is 32.2. The molecule has 0 saturated carbocycles. The lowest BCUT2D eigenvalue weighted by molar-refractivity contribution is 0.102. The first-order valence-electron chi connectivity index (χ1n) is 9.94. The lowest BCUT2D eigenvalue weighted by Crippen LogP contribution is -2.37. The Balaban J connectivity index is 1.68. The van der Waals surface area contributed by atoms with Gasteiger partial charge in [0.05, 0.1) is 11.0 Å². The Labute approximate surface area is 172 Å². The van der Waals surface area contributed by atoms with Gasteiger partial charge in [0.2, 0.25) is 10.0 Å². The zero-order chi connectivity index (χ0) is 21.0. The molecule has 1 aliphatic heterocycles. The lowest BCUT2D eigenvalue weighted by Gasteiger charge is -2.29. The molecular formula is C22H28N2O4S. The molecule has 0 aromatic heterocycles. The van der Waals surface area contributed by atoms with E-state index in [1.54, 1.807) is 52.8 Å². The van der Waals surface area contributed by atoms with E-state index in [0.29, 0.717) is 36.0 Å². The van der Waals surface area contributed by atoms with E-state index in [0.717, 1.165) is 12.8 Å². The van der Waals surface area contributed by atoms with E-state index in [-0.39, 0.29) is 16.9 Å². The molecule has 2 aromatic rings. The molecule has 0 aliphatic carbocycles. The molecule has 2 aromatic carbocycles. The van der Waals surface area contributed by atoms with Crippen molar-refractivity contribution < 1.29 is 17.9 Å². The Morgan fingerprint density at radius 3 is 2.38 bits per heavy atom. The molecule has 156 valence electrons. The third kappa shape index (κ3) is 5.36. The second-order valence-corrected chi connectivity index (χ2v) is 9.70. The van der Waals surface area contributed by atoms with Crippen molar-refractivity contribution in [1.82, 2.24) is 4.31 Å². The van der Waals surface area contributed by atoms with Crippen LogP contribution in [0.15, 0.2) is 53.4 Å². The zero-order valence-corrected chi connectivity index (χ0v) is 17.9. The minimum absolute atomic E-state index is 0.0194. The SMILES string of the molecule is CC1CCN(S(=O)(=O)c2ccc(NC(=O)c3cccc(OC(C)C)c3)cc2)CC1. The molecule has 1 fully saturated rings. The van der Waals surface area contributed by atoms with E-state index in [9.17, 15) is 13.2 Å². The number of hydrogen-bond donors (Lipinski definition) is 1. The predicted molar refractivity (Wildman–Crippen MR) is 114 cm³/mol. The van der Waals surface area contributed by atoms with Crippen molar-refractivity contribution in [1.29, 1.82) is 0 Å². The van der Waals surface area contributed by atoms with E-state index in [1.807, 2.05) is 13.8 Å². The monoisotopic (exact) mass is 416 g/mol. The quantitative estimate of drug-likeness (QED) is 0.768. The summed E-state index contributed by atoms with van der Waals surface area (Å²) in [5, 5.41) is 2.80. The highest BCUT2D eigenvalue weighted by Gasteiger charge is 2.27. The second-order valence-electron chi connectivity index (χ2n) is 7.76. The van der Waals surface area contributed by atoms with Gasteiger partial charge in [0, 0.05) is 24.3 Å². The summed E-state index contributed by atoms with van der Waals surface area (Å²) in [5.74, 6) is 0.910. The Hall–Kier alpha value is -2.38. The van der Waals surface area contributed by atoms with Gasteiger partial charge in [-0.25, -0.2) is 8.42 Å². The number of sulfonamides is 1. The van der Waals surface area contributed by atoms with Crippen LogP contribution in [0, 0.1) is 5.92 Å². The second kappa shape index (κ2) is 8.97. The van der Waals surface area contributed by atoms with E-state index >= 15 is 0 Å². The van der Waals surface area contributed by atoms with Crippen LogP contribution in [-0.4, -0.2) is 37.8 Å². The van der Waals surface area contributed by atoms with Gasteiger partial charge < -0.3 is 10.1 Å². The first-order chi connectivity index (χ1) is 13.8. The topological polar surface area (TPSA) is 75.7 Å². The van der Waals surface area contributed by atoms with Crippen LogP contribution in [0.4, 0.5) is 5.69 Å². The van der Waals surface area contributed by atoms with E-state index < -0.39 is 10.0 Å². The number of nitrogens with zero attached hydrogens (tertiary/aromatic N) is 1. The van der Waals surface area contributed by atoms with Crippen LogP contribution >= 0.6 is 0 Å². The maximum atomic E-state index is 12.8. The molecule has 0 spiro atoms. The van der Waals surface area contributed by atoms with Gasteiger partial charge in [-0.2, -0.15) is 4.31 Å². The third-order valence-corrected chi connectivity index (χ3v) is 6.87. The summed E-state index contributed by atoms with van der Waals surface area (Å²) in [4.78, 5) is 12.8. The third-order valence-electron chi connectivity index (χ3n) is 4.96. The first kappa shape index (κ1) is 21.3. The maximum absolute atomic E-state index is 12.8. The van der Waals surface area contributed by atoms with Gasteiger partial charge >= 0.3 is 0 Å². The standard InChI is InChI=1S/C22H28N2O4S/c1-16(2)28-20-6-4-5-18(15-20)22(25)23-19-7-9-21(10-8-19)29(26,27)24-13-11-17(3)12-14-24/h4-10,15-17H,11-14H2,1-3H3,(H,23,25). The molecule has 1 heterocycles. The van der Waals surface area contributed by atoms with Crippen LogP contribution in [0.2, 0.25) is 0 Å². The summed E-state index contributed by atoms with van der Waals surface area (Å²) >= 11 is 0. The zero-order valence-electron chi connectivity index (χ0n) is 17.1. The minimum Gasteiger partial charge on any atom is -0.491 e. The number of nitrogens with one attached hydrogen (secondary N) is 1. The number of hydrogen-bond acceptors (Lipinski definition) is 4. The Bertz CT molecular complexity index is 947. The van der Waals surface area contributed by atoms with Crippen molar-refractivity contribution >= 4 is 21.6 Å². The average Bonchev–Trinajstić information content (AvgIpc) is 2.68. The van der Waals surface area contributed by atoms with Crippen LogP contribution in [0.1, 0.15) is 44.0 Å². The molecule has 29 heavy (non-hydrogen) atoms. The molecule has 1 amide bonds. The summed E-state index contributed by atoms with van der Waals surface area (Å²) in [6.45, 7) is 7.10. The molecule has 6 nitrogen and oxygen atoms in total. The van der Waals surface area contributed by atoms with Crippen LogP contribution in [-0.2, 0) is 10.0 Å². The van der Waals surface area contributed by atoms with Gasteiger partial charge in [0.1, 0.15) is 5.75 Å². The summed E-state index contributed by atoms with van der Waals surface area (Å²) in [7, 11) is -3.50. The molecule has 0 unspecified atom stereocenters. The fourth-order valence-electron chi connectivity index (χ4n) is 3.27. The van der Waals surface area contributed by atoms with Crippen LogP contribution < -0.4 is 10.1 Å². The van der Waals surface area contributed by atoms with Gasteiger partial charge in [-0.15, -0.1) is 0 Å². The molecule has 0 atom stereocenters. The van der Waals surface area contributed by atoms with Gasteiger partial charge in [-0.1, -0.05) is 13.0 Å². The molecule has 1 saturated heterocycles. The van der Waals surface area contributed by atoms with Gasteiger partial charge in [-0.05, 0) is 75.1 Å². The van der Waals surface area contributed by atoms with E-state index in [1.165, 1.54) is 0 Å². The molecule has 0 bridgehead atoms. The Morgan fingerprint density at radius 1 is 1.10 bits per heavy atom. The summed E-state index contributed by atoms with van der Waals surface area (Å²) in [6, 6.07) is 13.3. The van der Waals surface area contributed by atoms with Crippen molar-refractivity contribution in [3.63, 3.8) is 0 Å². The highest BCUT2D eigenvalue weighted by molar-refractivity contribution is 7.89. The van der Waals surface area contributed by atoms with Crippen molar-refractivity contribution in [2.45, 2.75) is 44.6 Å². The number of rotatable bonds is 6. The van der Waals surface area contributed by atoms with Crippen molar-refractivity contribution in [3.8, 4) is 5.75 Å². The number of benzene rings is 2. The van der Waals surface area contributed by atoms with E-state index in [2.05, 4.69) is 12.2 Å². The Morgan fingerprint density at radius 2 is 1.76 bits per heavy atom. The summed E-state index contributed by atoms with van der Waals surface area (Å²) < 4.78 is 32.8. The Kier molecular flexibility index (Phi) is 6.59. The number of carbonyl (C=O) groups is 1. The first-order valence-corrected chi connectivity index (χ1v) is 11.4. The summed E-state index contributed by atoms with van der Waals surface area (Å²) in [5.41, 5.74) is 1.01.